The van der Waals surface area contributed by atoms with Crippen LogP contribution in [0.15, 0.2) is 0 Å². The number of amides is 2. The van der Waals surface area contributed by atoms with Crippen molar-refractivity contribution in [1.82, 2.24) is 15.5 Å². The van der Waals surface area contributed by atoms with E-state index in [1.165, 1.54) is 0 Å². The van der Waals surface area contributed by atoms with Crippen LogP contribution in [0.4, 0.5) is 4.79 Å². The van der Waals surface area contributed by atoms with Crippen molar-refractivity contribution >= 4 is 12.0 Å². The molecule has 2 amide bonds. The normalized spacial score (nSPS) is 17.5. The van der Waals surface area contributed by atoms with Crippen LogP contribution in [0.1, 0.15) is 39.5 Å². The lowest BCUT2D eigenvalue weighted by atomic mass is 10.0. The molecule has 6 nitrogen and oxygen atoms in total. The average molecular weight is 285 g/mol. The molecule has 0 aromatic rings. The molecule has 0 radical (unpaired) electrons. The van der Waals surface area contributed by atoms with E-state index in [-0.39, 0.29) is 6.03 Å². The summed E-state index contributed by atoms with van der Waals surface area (Å²) in [6, 6.07) is 0.240. The maximum absolute atomic E-state index is 12.2. The summed E-state index contributed by atoms with van der Waals surface area (Å²) in [5.74, 6) is -1.24. The molecule has 0 aromatic heterocycles. The van der Waals surface area contributed by atoms with Crippen molar-refractivity contribution in [2.75, 3.05) is 26.2 Å². The lowest BCUT2D eigenvalue weighted by Gasteiger charge is -2.34. The lowest BCUT2D eigenvalue weighted by Crippen LogP contribution is -2.50. The van der Waals surface area contributed by atoms with Crippen LogP contribution in [-0.4, -0.2) is 54.2 Å². The zero-order valence-corrected chi connectivity index (χ0v) is 12.5. The number of carbonyl (C=O) groups is 2. The van der Waals surface area contributed by atoms with Gasteiger partial charge in [0.1, 0.15) is 0 Å². The molecular formula is C14H27N3O3. The fraction of sp³-hybridized carbons (Fsp3) is 0.857. The summed E-state index contributed by atoms with van der Waals surface area (Å²) in [6.07, 6.45) is 3.37. The Labute approximate surface area is 120 Å². The Morgan fingerprint density at radius 3 is 2.60 bits per heavy atom. The highest BCUT2D eigenvalue weighted by atomic mass is 16.4. The van der Waals surface area contributed by atoms with E-state index < -0.39 is 11.9 Å². The minimum Gasteiger partial charge on any atom is -0.481 e. The lowest BCUT2D eigenvalue weighted by molar-refractivity contribution is -0.141. The molecule has 1 atom stereocenters. The molecule has 0 aromatic carbocycles. The molecule has 1 unspecified atom stereocenters. The van der Waals surface area contributed by atoms with Crippen molar-refractivity contribution in [1.29, 1.82) is 0 Å². The molecule has 3 N–H and O–H groups in total. The smallest absolute Gasteiger partial charge is 0.317 e. The number of hydrogen-bond donors (Lipinski definition) is 3. The van der Waals surface area contributed by atoms with Gasteiger partial charge in [-0.05, 0) is 38.8 Å². The Balaban J connectivity index is 2.41. The largest absolute Gasteiger partial charge is 0.481 e. The molecule has 0 aliphatic carbocycles. The predicted molar refractivity (Wildman–Crippen MR) is 77.7 cm³/mol. The number of piperidine rings is 1. The van der Waals surface area contributed by atoms with Crippen molar-refractivity contribution < 1.29 is 14.7 Å². The topological polar surface area (TPSA) is 81.7 Å². The van der Waals surface area contributed by atoms with Crippen LogP contribution in [-0.2, 0) is 4.79 Å². The number of nitrogens with zero attached hydrogens (tertiary/aromatic N) is 1. The summed E-state index contributed by atoms with van der Waals surface area (Å²) in [5.41, 5.74) is 0. The molecule has 6 heteroatoms. The molecular weight excluding hydrogens is 258 g/mol. The minimum absolute atomic E-state index is 0.0589. The van der Waals surface area contributed by atoms with E-state index in [0.717, 1.165) is 38.9 Å². The summed E-state index contributed by atoms with van der Waals surface area (Å²) in [5, 5.41) is 15.0. The zero-order valence-electron chi connectivity index (χ0n) is 12.5. The van der Waals surface area contributed by atoms with Gasteiger partial charge in [-0.25, -0.2) is 4.79 Å². The molecule has 20 heavy (non-hydrogen) atoms. The molecule has 1 aliphatic heterocycles. The third-order valence-electron chi connectivity index (χ3n) is 3.75. The van der Waals surface area contributed by atoms with Gasteiger partial charge in [0.15, 0.2) is 0 Å². The number of nitrogens with one attached hydrogen (secondary N) is 2. The van der Waals surface area contributed by atoms with Gasteiger partial charge in [0.05, 0.1) is 5.92 Å². The van der Waals surface area contributed by atoms with E-state index in [9.17, 15) is 9.59 Å². The number of urea groups is 1. The second-order valence-corrected chi connectivity index (χ2v) is 5.43. The highest BCUT2D eigenvalue weighted by molar-refractivity contribution is 5.74. The first-order chi connectivity index (χ1) is 9.56. The fourth-order valence-corrected chi connectivity index (χ4v) is 2.43. The van der Waals surface area contributed by atoms with Gasteiger partial charge in [-0.1, -0.05) is 13.8 Å². The second-order valence-electron chi connectivity index (χ2n) is 5.43. The Kier molecular flexibility index (Phi) is 7.36. The number of rotatable bonds is 7. The van der Waals surface area contributed by atoms with Gasteiger partial charge >= 0.3 is 12.0 Å². The van der Waals surface area contributed by atoms with Gasteiger partial charge in [0, 0.05) is 19.1 Å². The summed E-state index contributed by atoms with van der Waals surface area (Å²) >= 11 is 0. The second kappa shape index (κ2) is 8.79. The van der Waals surface area contributed by atoms with Gasteiger partial charge in [0.2, 0.25) is 0 Å². The SMILES string of the molecule is CCCN(C(=O)NCCC(C)C(=O)O)C1CCNCC1. The molecule has 0 bridgehead atoms. The number of carboxylic acid groups (broad SMARTS) is 1. The van der Waals surface area contributed by atoms with Crippen molar-refractivity contribution in [2.24, 2.45) is 5.92 Å². The molecule has 0 spiro atoms. The monoisotopic (exact) mass is 285 g/mol. The maximum atomic E-state index is 12.2. The van der Waals surface area contributed by atoms with Crippen molar-refractivity contribution in [3.05, 3.63) is 0 Å². The van der Waals surface area contributed by atoms with Crippen LogP contribution in [0, 0.1) is 5.92 Å². The van der Waals surface area contributed by atoms with Crippen LogP contribution in [0.3, 0.4) is 0 Å². The average Bonchev–Trinajstić information content (AvgIpc) is 2.45. The predicted octanol–water partition coefficient (Wildman–Crippen LogP) is 1.27. The minimum atomic E-state index is -0.817. The summed E-state index contributed by atoms with van der Waals surface area (Å²) in [4.78, 5) is 24.9. The molecule has 0 saturated carbocycles. The van der Waals surface area contributed by atoms with Crippen LogP contribution in [0.2, 0.25) is 0 Å². The third kappa shape index (κ3) is 5.36. The number of aliphatic carboxylic acids is 1. The first-order valence-corrected chi connectivity index (χ1v) is 7.54. The number of carbonyl (C=O) groups excluding carboxylic acids is 1. The maximum Gasteiger partial charge on any atom is 0.317 e. The first kappa shape index (κ1) is 16.8. The third-order valence-corrected chi connectivity index (χ3v) is 3.75. The quantitative estimate of drug-likeness (QED) is 0.658. The van der Waals surface area contributed by atoms with Crippen LogP contribution in [0.25, 0.3) is 0 Å². The standard InChI is InChI=1S/C14H27N3O3/c1-3-10-17(12-5-7-15-8-6-12)14(20)16-9-4-11(2)13(18)19/h11-12,15H,3-10H2,1-2H3,(H,16,20)(H,18,19). The van der Waals surface area contributed by atoms with Crippen LogP contribution < -0.4 is 10.6 Å². The van der Waals surface area contributed by atoms with Gasteiger partial charge in [-0.3, -0.25) is 4.79 Å². The molecule has 1 fully saturated rings. The Bertz CT molecular complexity index is 317. The van der Waals surface area contributed by atoms with Crippen molar-refractivity contribution in [3.63, 3.8) is 0 Å². The van der Waals surface area contributed by atoms with Crippen LogP contribution in [0.5, 0.6) is 0 Å². The molecule has 1 rings (SSSR count). The summed E-state index contributed by atoms with van der Waals surface area (Å²) in [7, 11) is 0. The van der Waals surface area contributed by atoms with E-state index in [2.05, 4.69) is 17.6 Å². The van der Waals surface area contributed by atoms with Gasteiger partial charge in [-0.15, -0.1) is 0 Å². The molecule has 1 heterocycles. The number of carboxylic acids is 1. The first-order valence-electron chi connectivity index (χ1n) is 7.54. The Hall–Kier alpha value is -1.30. The van der Waals surface area contributed by atoms with Crippen molar-refractivity contribution in [2.45, 2.75) is 45.6 Å². The zero-order chi connectivity index (χ0) is 15.0. The Morgan fingerprint density at radius 1 is 1.40 bits per heavy atom. The van der Waals surface area contributed by atoms with Gasteiger partial charge in [-0.2, -0.15) is 0 Å². The molecule has 1 aliphatic rings. The van der Waals surface area contributed by atoms with E-state index in [1.807, 2.05) is 4.90 Å². The fourth-order valence-electron chi connectivity index (χ4n) is 2.43. The van der Waals surface area contributed by atoms with Gasteiger partial charge in [0.25, 0.3) is 0 Å². The highest BCUT2D eigenvalue weighted by Crippen LogP contribution is 2.12. The molecule has 1 saturated heterocycles. The Morgan fingerprint density at radius 2 is 2.05 bits per heavy atom. The highest BCUT2D eigenvalue weighted by Gasteiger charge is 2.24. The van der Waals surface area contributed by atoms with Gasteiger partial charge < -0.3 is 20.6 Å². The van der Waals surface area contributed by atoms with Crippen LogP contribution >= 0.6 is 0 Å². The van der Waals surface area contributed by atoms with E-state index in [4.69, 9.17) is 5.11 Å². The van der Waals surface area contributed by atoms with Crippen molar-refractivity contribution in [3.8, 4) is 0 Å². The summed E-state index contributed by atoms with van der Waals surface area (Å²) in [6.45, 7) is 6.80. The van der Waals surface area contributed by atoms with E-state index in [1.54, 1.807) is 6.92 Å². The summed E-state index contributed by atoms with van der Waals surface area (Å²) < 4.78 is 0. The molecule has 116 valence electrons. The van der Waals surface area contributed by atoms with E-state index >= 15 is 0 Å². The number of hydrogen-bond acceptors (Lipinski definition) is 3. The van der Waals surface area contributed by atoms with E-state index in [0.29, 0.717) is 19.0 Å².